The van der Waals surface area contributed by atoms with Crippen LogP contribution in [0.1, 0.15) is 33.6 Å². The lowest BCUT2D eigenvalue weighted by molar-refractivity contribution is -0.119. The van der Waals surface area contributed by atoms with Crippen LogP contribution in [0.5, 0.6) is 11.5 Å². The van der Waals surface area contributed by atoms with Crippen molar-refractivity contribution in [1.29, 1.82) is 0 Å². The number of anilines is 2. The Bertz CT molecular complexity index is 982. The Kier molecular flexibility index (Phi) is 4.84. The molecule has 2 aromatic carbocycles. The zero-order valence-electron chi connectivity index (χ0n) is 16.2. The van der Waals surface area contributed by atoms with Crippen molar-refractivity contribution in [3.8, 4) is 11.5 Å². The van der Waals surface area contributed by atoms with Crippen LogP contribution in [0.2, 0.25) is 0 Å². The molecule has 2 heterocycles. The number of carbonyl (C=O) groups is 3. The number of nitrogens with zero attached hydrogens (tertiary/aromatic N) is 1. The van der Waals surface area contributed by atoms with Crippen molar-refractivity contribution in [3.63, 3.8) is 0 Å². The highest BCUT2D eigenvalue weighted by Gasteiger charge is 2.38. The molecule has 8 nitrogen and oxygen atoms in total. The highest BCUT2D eigenvalue weighted by atomic mass is 16.5. The van der Waals surface area contributed by atoms with Crippen molar-refractivity contribution in [2.45, 2.75) is 18.9 Å². The molecule has 0 unspecified atom stereocenters. The van der Waals surface area contributed by atoms with Gasteiger partial charge < -0.3 is 25.0 Å². The Morgan fingerprint density at radius 1 is 1.14 bits per heavy atom. The molecule has 2 N–H and O–H groups in total. The maximum Gasteiger partial charge on any atom is 0.263 e. The van der Waals surface area contributed by atoms with Gasteiger partial charge in [0.05, 0.1) is 25.5 Å². The predicted octanol–water partition coefficient (Wildman–Crippen LogP) is 2.51. The average Bonchev–Trinajstić information content (AvgIpc) is 3.20. The molecule has 1 saturated heterocycles. The quantitative estimate of drug-likeness (QED) is 0.829. The van der Waals surface area contributed by atoms with Crippen LogP contribution < -0.4 is 20.1 Å². The monoisotopic (exact) mass is 395 g/mol. The number of hydrogen-bond acceptors (Lipinski definition) is 5. The van der Waals surface area contributed by atoms with Gasteiger partial charge in [-0.1, -0.05) is 6.07 Å². The lowest BCUT2D eigenvalue weighted by Crippen LogP contribution is -2.40. The molecule has 2 aliphatic heterocycles. The van der Waals surface area contributed by atoms with Gasteiger partial charge in [-0.2, -0.15) is 0 Å². The second kappa shape index (κ2) is 7.46. The van der Waals surface area contributed by atoms with Crippen molar-refractivity contribution in [2.24, 2.45) is 0 Å². The number of rotatable bonds is 4. The lowest BCUT2D eigenvalue weighted by atomic mass is 10.1. The Hall–Kier alpha value is -3.55. The molecule has 0 saturated carbocycles. The molecular formula is C21H21N3O5. The third-order valence-electron chi connectivity index (χ3n) is 5.24. The van der Waals surface area contributed by atoms with Crippen molar-refractivity contribution in [1.82, 2.24) is 4.90 Å². The molecule has 2 aromatic rings. The van der Waals surface area contributed by atoms with E-state index in [1.165, 1.54) is 14.2 Å². The Balaban J connectivity index is 1.66. The largest absolute Gasteiger partial charge is 0.496 e. The van der Waals surface area contributed by atoms with Crippen molar-refractivity contribution in [3.05, 3.63) is 47.5 Å². The second-order valence-corrected chi connectivity index (χ2v) is 6.90. The molecule has 8 heteroatoms. The molecule has 3 amide bonds. The number of amides is 3. The number of carbonyl (C=O) groups excluding carboxylic acids is 3. The van der Waals surface area contributed by atoms with Crippen LogP contribution in [0.25, 0.3) is 0 Å². The molecule has 2 aliphatic rings. The van der Waals surface area contributed by atoms with Gasteiger partial charge in [-0.05, 0) is 43.2 Å². The highest BCUT2D eigenvalue weighted by molar-refractivity contribution is 6.12. The highest BCUT2D eigenvalue weighted by Crippen LogP contribution is 2.32. The van der Waals surface area contributed by atoms with Crippen molar-refractivity contribution < 1.29 is 23.9 Å². The number of hydrogen-bond donors (Lipinski definition) is 2. The minimum atomic E-state index is -0.439. The average molecular weight is 395 g/mol. The van der Waals surface area contributed by atoms with E-state index in [0.29, 0.717) is 41.4 Å². The Morgan fingerprint density at radius 2 is 1.86 bits per heavy atom. The standard InChI is InChI=1S/C21H21N3O5/c1-28-16-6-3-7-17(29-2)18(16)20(26)22-12-8-9-14-13(11-12)21(27)24-10-4-5-15(24)19(25)23-14/h3,6-9,11,15H,4-5,10H2,1-2H3,(H,22,26)(H,23,25)/t15-/m0/s1. The van der Waals surface area contributed by atoms with E-state index in [1.807, 2.05) is 0 Å². The zero-order valence-corrected chi connectivity index (χ0v) is 16.2. The molecule has 4 rings (SSSR count). The number of ether oxygens (including phenoxy) is 2. The number of nitrogens with one attached hydrogen (secondary N) is 2. The first-order chi connectivity index (χ1) is 14.0. The van der Waals surface area contributed by atoms with E-state index in [2.05, 4.69) is 10.6 Å². The van der Waals surface area contributed by atoms with E-state index in [1.54, 1.807) is 41.3 Å². The molecule has 150 valence electrons. The van der Waals surface area contributed by atoms with Crippen LogP contribution in [0.15, 0.2) is 36.4 Å². The maximum absolute atomic E-state index is 13.0. The third kappa shape index (κ3) is 3.26. The summed E-state index contributed by atoms with van der Waals surface area (Å²) >= 11 is 0. The summed E-state index contributed by atoms with van der Waals surface area (Å²) in [5, 5.41) is 5.61. The summed E-state index contributed by atoms with van der Waals surface area (Å²) < 4.78 is 10.6. The second-order valence-electron chi connectivity index (χ2n) is 6.90. The number of methoxy groups -OCH3 is 2. The summed E-state index contributed by atoms with van der Waals surface area (Å²) in [6, 6.07) is 9.47. The summed E-state index contributed by atoms with van der Waals surface area (Å²) in [6.45, 7) is 0.547. The molecule has 29 heavy (non-hydrogen) atoms. The van der Waals surface area contributed by atoms with Crippen LogP contribution in [0.4, 0.5) is 11.4 Å². The van der Waals surface area contributed by atoms with Crippen molar-refractivity contribution >= 4 is 29.1 Å². The molecule has 0 aliphatic carbocycles. The SMILES string of the molecule is COc1cccc(OC)c1C(=O)Nc1ccc2c(c1)C(=O)N1CCC[C@H]1C(=O)N2. The van der Waals surface area contributed by atoms with Gasteiger partial charge in [-0.25, -0.2) is 0 Å². The Labute approximate surface area is 167 Å². The number of benzene rings is 2. The van der Waals surface area contributed by atoms with E-state index in [0.717, 1.165) is 6.42 Å². The summed E-state index contributed by atoms with van der Waals surface area (Å²) in [6.07, 6.45) is 1.45. The van der Waals surface area contributed by atoms with Gasteiger partial charge in [-0.3, -0.25) is 14.4 Å². The first-order valence-corrected chi connectivity index (χ1v) is 9.31. The molecule has 0 radical (unpaired) electrons. The third-order valence-corrected chi connectivity index (χ3v) is 5.24. The van der Waals surface area contributed by atoms with Gasteiger partial charge in [0.25, 0.3) is 11.8 Å². The minimum Gasteiger partial charge on any atom is -0.496 e. The minimum absolute atomic E-state index is 0.176. The van der Waals surface area contributed by atoms with Crippen molar-refractivity contribution in [2.75, 3.05) is 31.4 Å². The fraction of sp³-hybridized carbons (Fsp3) is 0.286. The first-order valence-electron chi connectivity index (χ1n) is 9.31. The van der Waals surface area contributed by atoms with E-state index >= 15 is 0 Å². The first kappa shape index (κ1) is 18.8. The Morgan fingerprint density at radius 3 is 2.55 bits per heavy atom. The van der Waals surface area contributed by atoms with E-state index in [9.17, 15) is 14.4 Å². The van der Waals surface area contributed by atoms with Crippen LogP contribution in [-0.4, -0.2) is 49.4 Å². The normalized spacial score (nSPS) is 17.7. The van der Waals surface area contributed by atoms with Gasteiger partial charge >= 0.3 is 0 Å². The lowest BCUT2D eigenvalue weighted by Gasteiger charge is -2.20. The van der Waals surface area contributed by atoms with Gasteiger partial charge in [0.1, 0.15) is 23.1 Å². The van der Waals surface area contributed by atoms with E-state index in [-0.39, 0.29) is 17.4 Å². The summed E-state index contributed by atoms with van der Waals surface area (Å²) in [7, 11) is 2.95. The number of fused-ring (bicyclic) bond motifs is 2. The summed E-state index contributed by atoms with van der Waals surface area (Å²) in [5.41, 5.74) is 1.49. The predicted molar refractivity (Wildman–Crippen MR) is 107 cm³/mol. The maximum atomic E-state index is 13.0. The summed E-state index contributed by atoms with van der Waals surface area (Å²) in [4.78, 5) is 39.8. The van der Waals surface area contributed by atoms with Gasteiger partial charge in [0.2, 0.25) is 5.91 Å². The molecule has 0 spiro atoms. The fourth-order valence-corrected chi connectivity index (χ4v) is 3.83. The van der Waals surface area contributed by atoms with Crippen LogP contribution >= 0.6 is 0 Å². The van der Waals surface area contributed by atoms with E-state index < -0.39 is 11.9 Å². The van der Waals surface area contributed by atoms with E-state index in [4.69, 9.17) is 9.47 Å². The van der Waals surface area contributed by atoms with Gasteiger partial charge in [0.15, 0.2) is 0 Å². The van der Waals surface area contributed by atoms with Crippen LogP contribution in [0, 0.1) is 0 Å². The van der Waals surface area contributed by atoms with Crippen LogP contribution in [-0.2, 0) is 4.79 Å². The molecule has 1 atom stereocenters. The van der Waals surface area contributed by atoms with Gasteiger partial charge in [0, 0.05) is 12.2 Å². The molecule has 0 aromatic heterocycles. The molecule has 0 bridgehead atoms. The fourth-order valence-electron chi connectivity index (χ4n) is 3.83. The summed E-state index contributed by atoms with van der Waals surface area (Å²) in [5.74, 6) is -0.0694. The van der Waals surface area contributed by atoms with Crippen LogP contribution in [0.3, 0.4) is 0 Å². The smallest absolute Gasteiger partial charge is 0.263 e. The topological polar surface area (TPSA) is 97.0 Å². The molecular weight excluding hydrogens is 374 g/mol. The zero-order chi connectivity index (χ0) is 20.5. The van der Waals surface area contributed by atoms with Gasteiger partial charge in [-0.15, -0.1) is 0 Å². The molecule has 1 fully saturated rings.